The minimum atomic E-state index is 1.27. The van der Waals surface area contributed by atoms with Gasteiger partial charge in [-0.25, -0.2) is 0 Å². The zero-order valence-corrected chi connectivity index (χ0v) is 11.1. The van der Waals surface area contributed by atoms with Crippen LogP contribution in [0.1, 0.15) is 11.1 Å². The quantitative estimate of drug-likeness (QED) is 0.451. The van der Waals surface area contributed by atoms with Crippen molar-refractivity contribution in [1.29, 1.82) is 0 Å². The lowest BCUT2D eigenvalue weighted by Crippen LogP contribution is -2.24. The van der Waals surface area contributed by atoms with Gasteiger partial charge in [-0.1, -0.05) is 72.8 Å². The third-order valence-corrected chi connectivity index (χ3v) is 3.83. The molecule has 3 aromatic rings. The largest absolute Gasteiger partial charge is 0.0616 e. The Bertz CT molecular complexity index is 825. The van der Waals surface area contributed by atoms with Crippen LogP contribution in [0.15, 0.2) is 72.8 Å². The van der Waals surface area contributed by atoms with Crippen molar-refractivity contribution in [2.24, 2.45) is 0 Å². The summed E-state index contributed by atoms with van der Waals surface area (Å²) in [5.74, 6) is 0. The van der Waals surface area contributed by atoms with E-state index in [4.69, 9.17) is 0 Å². The van der Waals surface area contributed by atoms with Crippen LogP contribution in [0.5, 0.6) is 0 Å². The molecule has 1 aliphatic carbocycles. The Kier molecular flexibility index (Phi) is 2.53. The van der Waals surface area contributed by atoms with Crippen LogP contribution in [0.3, 0.4) is 0 Å². The standard InChI is InChI=1S/C20H14/c1-2-8-16-14-18-10-4-6-12-20(18)19-11-5-3-9-17(19)13-15(16)7-1/h1-14H/b15-13-,16-14-,17-13?,18-14?,20-19?. The summed E-state index contributed by atoms with van der Waals surface area (Å²) in [7, 11) is 0. The van der Waals surface area contributed by atoms with Crippen molar-refractivity contribution in [2.45, 2.75) is 0 Å². The maximum absolute atomic E-state index is 2.27. The van der Waals surface area contributed by atoms with E-state index in [9.17, 15) is 0 Å². The van der Waals surface area contributed by atoms with E-state index in [2.05, 4.69) is 84.9 Å². The van der Waals surface area contributed by atoms with Gasteiger partial charge in [0.25, 0.3) is 0 Å². The predicted octanol–water partition coefficient (Wildman–Crippen LogP) is 3.32. The lowest BCUT2D eigenvalue weighted by Gasteiger charge is -2.12. The van der Waals surface area contributed by atoms with Crippen LogP contribution in [0.25, 0.3) is 23.3 Å². The first-order chi connectivity index (χ1) is 9.92. The second-order valence-electron chi connectivity index (χ2n) is 5.09. The first-order valence-corrected chi connectivity index (χ1v) is 6.89. The van der Waals surface area contributed by atoms with E-state index in [1.165, 1.54) is 32.7 Å². The average molecular weight is 254 g/mol. The fourth-order valence-corrected chi connectivity index (χ4v) is 2.85. The van der Waals surface area contributed by atoms with Gasteiger partial charge in [0.2, 0.25) is 0 Å². The molecule has 4 rings (SSSR count). The van der Waals surface area contributed by atoms with Gasteiger partial charge in [-0.15, -0.1) is 0 Å². The van der Waals surface area contributed by atoms with E-state index in [1.807, 2.05) is 0 Å². The predicted molar refractivity (Wildman–Crippen MR) is 84.7 cm³/mol. The van der Waals surface area contributed by atoms with E-state index in [0.717, 1.165) is 0 Å². The van der Waals surface area contributed by atoms with Gasteiger partial charge in [-0.05, 0) is 44.8 Å². The molecule has 0 heteroatoms. The summed E-state index contributed by atoms with van der Waals surface area (Å²) in [4.78, 5) is 0. The lowest BCUT2D eigenvalue weighted by atomic mass is 9.92. The summed E-state index contributed by atoms with van der Waals surface area (Å²) in [6, 6.07) is 25.7. The van der Waals surface area contributed by atoms with Gasteiger partial charge in [0, 0.05) is 0 Å². The lowest BCUT2D eigenvalue weighted by molar-refractivity contribution is 1.47. The van der Waals surface area contributed by atoms with Gasteiger partial charge in [0.05, 0.1) is 0 Å². The fraction of sp³-hybridized carbons (Fsp3) is 0. The normalized spacial score (nSPS) is 15.2. The van der Waals surface area contributed by atoms with Crippen LogP contribution in [-0.2, 0) is 0 Å². The molecule has 3 aromatic carbocycles. The Labute approximate surface area is 118 Å². The van der Waals surface area contributed by atoms with Crippen molar-refractivity contribution in [2.75, 3.05) is 0 Å². The van der Waals surface area contributed by atoms with Gasteiger partial charge >= 0.3 is 0 Å². The highest BCUT2D eigenvalue weighted by atomic mass is 14.1. The molecule has 0 N–H and O–H groups in total. The molecule has 0 aliphatic heterocycles. The zero-order chi connectivity index (χ0) is 13.4. The van der Waals surface area contributed by atoms with E-state index in [1.54, 1.807) is 0 Å². The van der Waals surface area contributed by atoms with Gasteiger partial charge in [-0.3, -0.25) is 0 Å². The van der Waals surface area contributed by atoms with Crippen molar-refractivity contribution in [3.8, 4) is 11.1 Å². The third kappa shape index (κ3) is 1.78. The smallest absolute Gasteiger partial charge is 0.0105 e. The highest BCUT2D eigenvalue weighted by molar-refractivity contribution is 5.82. The Morgan fingerprint density at radius 2 is 0.800 bits per heavy atom. The van der Waals surface area contributed by atoms with Gasteiger partial charge in [0.1, 0.15) is 0 Å². The second kappa shape index (κ2) is 4.50. The third-order valence-electron chi connectivity index (χ3n) is 3.83. The van der Waals surface area contributed by atoms with Crippen molar-refractivity contribution in [3.05, 3.63) is 94.4 Å². The van der Waals surface area contributed by atoms with Gasteiger partial charge in [-0.2, -0.15) is 0 Å². The van der Waals surface area contributed by atoms with Crippen LogP contribution in [0.4, 0.5) is 0 Å². The first kappa shape index (κ1) is 11.2. The molecule has 0 spiro atoms. The van der Waals surface area contributed by atoms with Crippen LogP contribution in [0, 0.1) is 0 Å². The number of benzene rings is 3. The zero-order valence-electron chi connectivity index (χ0n) is 11.1. The monoisotopic (exact) mass is 254 g/mol. The fourth-order valence-electron chi connectivity index (χ4n) is 2.85. The number of hydrogen-bond acceptors (Lipinski definition) is 0. The Morgan fingerprint density at radius 3 is 1.30 bits per heavy atom. The van der Waals surface area contributed by atoms with Crippen LogP contribution in [0.2, 0.25) is 0 Å². The number of rotatable bonds is 0. The van der Waals surface area contributed by atoms with Crippen molar-refractivity contribution in [1.82, 2.24) is 0 Å². The highest BCUT2D eigenvalue weighted by Gasteiger charge is 2.08. The molecule has 0 aromatic heterocycles. The number of fused-ring (bicyclic) bond motifs is 4. The van der Waals surface area contributed by atoms with E-state index in [0.29, 0.717) is 0 Å². The molecule has 0 saturated heterocycles. The summed E-state index contributed by atoms with van der Waals surface area (Å²) >= 11 is 0. The Hall–Kier alpha value is -2.60. The van der Waals surface area contributed by atoms with Crippen LogP contribution in [-0.4, -0.2) is 0 Å². The van der Waals surface area contributed by atoms with E-state index in [-0.39, 0.29) is 0 Å². The summed E-state index contributed by atoms with van der Waals surface area (Å²) in [5.41, 5.74) is 5.16. The second-order valence-corrected chi connectivity index (χ2v) is 5.09. The molecular weight excluding hydrogens is 240 g/mol. The molecule has 0 nitrogen and oxygen atoms in total. The summed E-state index contributed by atoms with van der Waals surface area (Å²) in [5, 5.41) is 2.55. The molecule has 0 heterocycles. The molecule has 94 valence electrons. The van der Waals surface area contributed by atoms with Crippen LogP contribution < -0.4 is 10.4 Å². The minimum Gasteiger partial charge on any atom is -0.0616 e. The maximum Gasteiger partial charge on any atom is -0.0105 e. The molecule has 20 heavy (non-hydrogen) atoms. The van der Waals surface area contributed by atoms with Crippen molar-refractivity contribution in [3.63, 3.8) is 0 Å². The minimum absolute atomic E-state index is 1.27. The van der Waals surface area contributed by atoms with Crippen molar-refractivity contribution < 1.29 is 0 Å². The van der Waals surface area contributed by atoms with Crippen molar-refractivity contribution >= 4 is 12.2 Å². The topological polar surface area (TPSA) is 0 Å². The summed E-state index contributed by atoms with van der Waals surface area (Å²) in [6.45, 7) is 0. The molecule has 0 radical (unpaired) electrons. The SMILES string of the molecule is C1=c2/cccc/c2=C/c2ccccc2-c2ccccc2/1. The molecule has 0 fully saturated rings. The average Bonchev–Trinajstić information content (AvgIpc) is 2.48. The molecule has 1 aliphatic rings. The van der Waals surface area contributed by atoms with E-state index >= 15 is 0 Å². The highest BCUT2D eigenvalue weighted by Crippen LogP contribution is 2.28. The summed E-state index contributed by atoms with van der Waals surface area (Å²) in [6.07, 6.45) is 4.55. The van der Waals surface area contributed by atoms with Gasteiger partial charge < -0.3 is 0 Å². The number of hydrogen-bond donors (Lipinski definition) is 0. The van der Waals surface area contributed by atoms with E-state index < -0.39 is 0 Å². The Morgan fingerprint density at radius 1 is 0.400 bits per heavy atom. The van der Waals surface area contributed by atoms with Crippen LogP contribution >= 0.6 is 0 Å². The van der Waals surface area contributed by atoms with Gasteiger partial charge in [0.15, 0.2) is 0 Å². The molecule has 0 atom stereocenters. The Balaban J connectivity index is 2.22. The molecule has 0 amide bonds. The molecule has 0 saturated carbocycles. The summed E-state index contributed by atoms with van der Waals surface area (Å²) < 4.78 is 0. The molecule has 0 bridgehead atoms. The molecular formula is C20H14. The first-order valence-electron chi connectivity index (χ1n) is 6.89. The molecule has 0 unspecified atom stereocenters. The maximum atomic E-state index is 2.27.